The largest absolute Gasteiger partial charge is 0.506 e. The maximum Gasteiger partial charge on any atom is 0.340 e. The second kappa shape index (κ2) is 8.59. The summed E-state index contributed by atoms with van der Waals surface area (Å²) in [6.45, 7) is 7.43. The van der Waals surface area contributed by atoms with Crippen LogP contribution < -0.4 is 4.74 Å². The molecule has 5 heteroatoms. The molecule has 0 bridgehead atoms. The maximum atomic E-state index is 11.8. The van der Waals surface area contributed by atoms with E-state index in [1.807, 2.05) is 37.3 Å². The van der Waals surface area contributed by atoms with Gasteiger partial charge in [0.2, 0.25) is 0 Å². The summed E-state index contributed by atoms with van der Waals surface area (Å²) < 4.78 is 6.14. The van der Waals surface area contributed by atoms with Gasteiger partial charge in [-0.2, -0.15) is 0 Å². The predicted molar refractivity (Wildman–Crippen MR) is 119 cm³/mol. The summed E-state index contributed by atoms with van der Waals surface area (Å²) in [5, 5.41) is 30.3. The van der Waals surface area contributed by atoms with Crippen molar-refractivity contribution in [2.24, 2.45) is 0 Å². The van der Waals surface area contributed by atoms with Crippen LogP contribution in [0.4, 0.5) is 0 Å². The number of phenols is 1. The number of aliphatic hydroxyl groups is 1. The number of carboxylic acids is 1. The average molecular weight is 406 g/mol. The molecular weight excluding hydrogens is 380 g/mol. The third-order valence-electron chi connectivity index (χ3n) is 5.23. The van der Waals surface area contributed by atoms with Gasteiger partial charge in [0.15, 0.2) is 0 Å². The number of rotatable bonds is 7. The average Bonchev–Trinajstić information content (AvgIpc) is 2.70. The lowest BCUT2D eigenvalue weighted by Crippen LogP contribution is -2.33. The van der Waals surface area contributed by atoms with Crippen molar-refractivity contribution in [1.82, 2.24) is 0 Å². The van der Waals surface area contributed by atoms with E-state index < -0.39 is 17.7 Å². The zero-order valence-corrected chi connectivity index (χ0v) is 17.1. The van der Waals surface area contributed by atoms with E-state index in [-0.39, 0.29) is 11.3 Å². The quantitative estimate of drug-likeness (QED) is 0.438. The van der Waals surface area contributed by atoms with Crippen molar-refractivity contribution in [3.63, 3.8) is 0 Å². The molecule has 0 fully saturated rings. The Balaban J connectivity index is 1.96. The van der Waals surface area contributed by atoms with Gasteiger partial charge < -0.3 is 20.1 Å². The summed E-state index contributed by atoms with van der Waals surface area (Å²) in [5.41, 5.74) is 1.42. The van der Waals surface area contributed by atoms with E-state index in [0.717, 1.165) is 5.56 Å². The standard InChI is InChI=1S/C25H26O5/c1-16(2)20(26)12-14-25(3)13-11-19-21(30-25)15-18(22(23(19)27)24(28)29)10-9-17-7-5-4-6-8-17/h4-11,13,15,20,26-27H,1,12,14H2,2-3H3,(H,28,29)/t20-,25-/m1/s1. The van der Waals surface area contributed by atoms with Gasteiger partial charge in [0.1, 0.15) is 22.7 Å². The monoisotopic (exact) mass is 406 g/mol. The number of aromatic hydroxyl groups is 1. The van der Waals surface area contributed by atoms with Crippen molar-refractivity contribution >= 4 is 24.2 Å². The Hall–Kier alpha value is -3.31. The zero-order chi connectivity index (χ0) is 21.9. The van der Waals surface area contributed by atoms with Crippen LogP contribution in [-0.4, -0.2) is 33.0 Å². The summed E-state index contributed by atoms with van der Waals surface area (Å²) in [5.74, 6) is -1.14. The molecule has 2 aromatic rings. The Morgan fingerprint density at radius 1 is 1.27 bits per heavy atom. The summed E-state index contributed by atoms with van der Waals surface area (Å²) >= 11 is 0. The van der Waals surface area contributed by atoms with Crippen LogP contribution in [0.5, 0.6) is 11.5 Å². The first-order chi connectivity index (χ1) is 14.2. The molecule has 1 aliphatic heterocycles. The fraction of sp³-hybridized carbons (Fsp3) is 0.240. The van der Waals surface area contributed by atoms with E-state index in [1.165, 1.54) is 0 Å². The first-order valence-corrected chi connectivity index (χ1v) is 9.78. The van der Waals surface area contributed by atoms with Gasteiger partial charge in [0.05, 0.1) is 11.7 Å². The first-order valence-electron chi connectivity index (χ1n) is 9.78. The Morgan fingerprint density at radius 2 is 1.97 bits per heavy atom. The molecule has 0 radical (unpaired) electrons. The Bertz CT molecular complexity index is 1020. The summed E-state index contributed by atoms with van der Waals surface area (Å²) in [6, 6.07) is 11.1. The van der Waals surface area contributed by atoms with Gasteiger partial charge >= 0.3 is 5.97 Å². The molecule has 0 saturated carbocycles. The molecule has 156 valence electrons. The number of fused-ring (bicyclic) bond motifs is 1. The van der Waals surface area contributed by atoms with Gasteiger partial charge in [-0.05, 0) is 56.0 Å². The number of aromatic carboxylic acids is 1. The molecule has 2 atom stereocenters. The number of hydrogen-bond acceptors (Lipinski definition) is 4. The highest BCUT2D eigenvalue weighted by molar-refractivity contribution is 5.98. The molecule has 2 aromatic carbocycles. The molecule has 1 heterocycles. The minimum Gasteiger partial charge on any atom is -0.506 e. The van der Waals surface area contributed by atoms with Crippen molar-refractivity contribution in [1.29, 1.82) is 0 Å². The molecule has 3 N–H and O–H groups in total. The van der Waals surface area contributed by atoms with Gasteiger partial charge in [-0.3, -0.25) is 0 Å². The van der Waals surface area contributed by atoms with E-state index in [2.05, 4.69) is 6.58 Å². The van der Waals surface area contributed by atoms with Crippen molar-refractivity contribution in [2.75, 3.05) is 0 Å². The minimum atomic E-state index is -1.21. The van der Waals surface area contributed by atoms with E-state index in [0.29, 0.717) is 35.3 Å². The molecule has 3 rings (SSSR count). The highest BCUT2D eigenvalue weighted by Crippen LogP contribution is 2.42. The molecule has 5 nitrogen and oxygen atoms in total. The third kappa shape index (κ3) is 4.63. The number of aliphatic hydroxyl groups excluding tert-OH is 1. The Kier molecular flexibility index (Phi) is 6.13. The van der Waals surface area contributed by atoms with Gasteiger partial charge in [0.25, 0.3) is 0 Å². The van der Waals surface area contributed by atoms with Crippen LogP contribution in [0.3, 0.4) is 0 Å². The van der Waals surface area contributed by atoms with Crippen LogP contribution in [0.15, 0.2) is 54.6 Å². The van der Waals surface area contributed by atoms with Crippen LogP contribution in [0.25, 0.3) is 18.2 Å². The van der Waals surface area contributed by atoms with E-state index in [9.17, 15) is 20.1 Å². The van der Waals surface area contributed by atoms with Crippen LogP contribution in [0.2, 0.25) is 0 Å². The maximum absolute atomic E-state index is 11.8. The van der Waals surface area contributed by atoms with E-state index >= 15 is 0 Å². The fourth-order valence-electron chi connectivity index (χ4n) is 3.38. The topological polar surface area (TPSA) is 87.0 Å². The van der Waals surface area contributed by atoms with Crippen molar-refractivity contribution in [3.05, 3.63) is 76.9 Å². The van der Waals surface area contributed by atoms with Gasteiger partial charge in [-0.15, -0.1) is 0 Å². The van der Waals surface area contributed by atoms with Gasteiger partial charge in [-0.25, -0.2) is 4.79 Å². The second-order valence-corrected chi connectivity index (χ2v) is 7.80. The molecule has 0 aromatic heterocycles. The molecular formula is C25H26O5. The van der Waals surface area contributed by atoms with Crippen molar-refractivity contribution in [3.8, 4) is 11.5 Å². The lowest BCUT2D eigenvalue weighted by atomic mass is 9.90. The third-order valence-corrected chi connectivity index (χ3v) is 5.23. The first kappa shape index (κ1) is 21.4. The number of carboxylic acid groups (broad SMARTS) is 1. The highest BCUT2D eigenvalue weighted by atomic mass is 16.5. The van der Waals surface area contributed by atoms with Crippen LogP contribution >= 0.6 is 0 Å². The van der Waals surface area contributed by atoms with E-state index in [4.69, 9.17) is 4.74 Å². The van der Waals surface area contributed by atoms with Crippen LogP contribution in [0, 0.1) is 0 Å². The molecule has 0 saturated heterocycles. The number of carbonyl (C=O) groups is 1. The minimum absolute atomic E-state index is 0.171. The molecule has 1 aliphatic rings. The summed E-state index contributed by atoms with van der Waals surface area (Å²) in [4.78, 5) is 11.8. The lowest BCUT2D eigenvalue weighted by Gasteiger charge is -2.33. The smallest absolute Gasteiger partial charge is 0.340 e. The summed E-state index contributed by atoms with van der Waals surface area (Å²) in [7, 11) is 0. The Morgan fingerprint density at radius 3 is 2.60 bits per heavy atom. The second-order valence-electron chi connectivity index (χ2n) is 7.80. The number of hydrogen-bond donors (Lipinski definition) is 3. The number of benzene rings is 2. The molecule has 0 unspecified atom stereocenters. The lowest BCUT2D eigenvalue weighted by molar-refractivity contribution is 0.0693. The van der Waals surface area contributed by atoms with Crippen molar-refractivity contribution < 1.29 is 24.9 Å². The normalized spacial score (nSPS) is 18.6. The van der Waals surface area contributed by atoms with Crippen molar-refractivity contribution in [2.45, 2.75) is 38.4 Å². The van der Waals surface area contributed by atoms with Crippen LogP contribution in [-0.2, 0) is 0 Å². The Labute approximate surface area is 176 Å². The highest BCUT2D eigenvalue weighted by Gasteiger charge is 2.31. The van der Waals surface area contributed by atoms with Gasteiger partial charge in [-0.1, -0.05) is 54.6 Å². The fourth-order valence-corrected chi connectivity index (χ4v) is 3.38. The number of ether oxygens (including phenoxy) is 1. The molecule has 0 amide bonds. The predicted octanol–water partition coefficient (Wildman–Crippen LogP) is 5.14. The molecule has 30 heavy (non-hydrogen) atoms. The SMILES string of the molecule is C=C(C)[C@H](O)CC[C@@]1(C)C=Cc2c(cc(C=Cc3ccccc3)c(C(=O)O)c2O)O1. The molecule has 0 spiro atoms. The van der Waals surface area contributed by atoms with Gasteiger partial charge in [0, 0.05) is 0 Å². The summed E-state index contributed by atoms with van der Waals surface area (Å²) in [6.07, 6.45) is 7.30. The zero-order valence-electron chi connectivity index (χ0n) is 17.1. The van der Waals surface area contributed by atoms with Crippen LogP contribution in [0.1, 0.15) is 53.7 Å². The molecule has 0 aliphatic carbocycles. The van der Waals surface area contributed by atoms with E-state index in [1.54, 1.807) is 37.3 Å².